The largest absolute Gasteiger partial charge is 0.478 e. The SMILES string of the molecule is CS(=O)(=O)c1ccccc1C(=O)O.O=C1CCCN1. The molecule has 1 aliphatic rings. The van der Waals surface area contributed by atoms with E-state index in [2.05, 4.69) is 5.32 Å². The standard InChI is InChI=1S/C8H8O4S.C4H7NO/c1-13(11,12)7-5-3-2-4-6(7)8(9)10;6-4-2-1-3-5-4/h2-5H,1H3,(H,9,10);1-3H2,(H,5,6). The Morgan fingerprint density at radius 2 is 1.95 bits per heavy atom. The second kappa shape index (κ2) is 6.33. The molecule has 0 radical (unpaired) electrons. The smallest absolute Gasteiger partial charge is 0.337 e. The molecule has 1 aromatic carbocycles. The fourth-order valence-electron chi connectivity index (χ4n) is 1.53. The van der Waals surface area contributed by atoms with E-state index in [4.69, 9.17) is 5.11 Å². The molecule has 6 nitrogen and oxygen atoms in total. The van der Waals surface area contributed by atoms with Gasteiger partial charge in [0.25, 0.3) is 0 Å². The second-order valence-electron chi connectivity index (χ2n) is 4.03. The third-order valence-electron chi connectivity index (χ3n) is 2.42. The molecule has 7 heteroatoms. The van der Waals surface area contributed by atoms with Gasteiger partial charge < -0.3 is 10.4 Å². The van der Waals surface area contributed by atoms with Crippen LogP contribution in [0.5, 0.6) is 0 Å². The summed E-state index contributed by atoms with van der Waals surface area (Å²) in [7, 11) is -3.46. The van der Waals surface area contributed by atoms with Gasteiger partial charge in [-0.3, -0.25) is 4.79 Å². The zero-order chi connectivity index (χ0) is 14.5. The van der Waals surface area contributed by atoms with Crippen LogP contribution in [0.1, 0.15) is 23.2 Å². The Labute approximate surface area is 111 Å². The van der Waals surface area contributed by atoms with Crippen molar-refractivity contribution in [2.75, 3.05) is 12.8 Å². The number of nitrogens with one attached hydrogen (secondary N) is 1. The number of carbonyl (C=O) groups is 2. The number of aromatic carboxylic acids is 1. The van der Waals surface area contributed by atoms with E-state index in [1.165, 1.54) is 24.3 Å². The Balaban J connectivity index is 0.000000250. The number of benzene rings is 1. The zero-order valence-corrected chi connectivity index (χ0v) is 11.2. The van der Waals surface area contributed by atoms with Crippen molar-refractivity contribution in [1.82, 2.24) is 5.32 Å². The van der Waals surface area contributed by atoms with Gasteiger partial charge >= 0.3 is 5.97 Å². The number of sulfone groups is 1. The van der Waals surface area contributed by atoms with Gasteiger partial charge in [0.1, 0.15) is 0 Å². The van der Waals surface area contributed by atoms with Crippen LogP contribution in [0, 0.1) is 0 Å². The molecule has 0 aliphatic carbocycles. The quantitative estimate of drug-likeness (QED) is 0.832. The molecule has 1 saturated heterocycles. The Kier molecular flexibility index (Phi) is 5.05. The minimum atomic E-state index is -3.46. The van der Waals surface area contributed by atoms with Gasteiger partial charge in [-0.2, -0.15) is 0 Å². The molecule has 0 unspecified atom stereocenters. The monoisotopic (exact) mass is 285 g/mol. The number of amides is 1. The van der Waals surface area contributed by atoms with Gasteiger partial charge in [-0.05, 0) is 18.6 Å². The molecule has 104 valence electrons. The zero-order valence-electron chi connectivity index (χ0n) is 10.4. The predicted octanol–water partition coefficient (Wildman–Crippen LogP) is 0.685. The maximum atomic E-state index is 11.1. The third-order valence-corrected chi connectivity index (χ3v) is 3.57. The van der Waals surface area contributed by atoms with Crippen LogP contribution >= 0.6 is 0 Å². The maximum absolute atomic E-state index is 11.1. The van der Waals surface area contributed by atoms with Crippen LogP contribution in [0.15, 0.2) is 29.2 Å². The van der Waals surface area contributed by atoms with Crippen LogP contribution in [-0.2, 0) is 14.6 Å². The molecule has 19 heavy (non-hydrogen) atoms. The predicted molar refractivity (Wildman–Crippen MR) is 68.8 cm³/mol. The molecule has 0 aromatic heterocycles. The van der Waals surface area contributed by atoms with Crippen molar-refractivity contribution in [2.24, 2.45) is 0 Å². The summed E-state index contributed by atoms with van der Waals surface area (Å²) >= 11 is 0. The van der Waals surface area contributed by atoms with E-state index in [0.717, 1.165) is 25.6 Å². The number of hydrogen-bond donors (Lipinski definition) is 2. The molecule has 1 amide bonds. The fourth-order valence-corrected chi connectivity index (χ4v) is 2.41. The summed E-state index contributed by atoms with van der Waals surface area (Å²) in [5, 5.41) is 11.3. The van der Waals surface area contributed by atoms with E-state index in [-0.39, 0.29) is 16.4 Å². The van der Waals surface area contributed by atoms with Gasteiger partial charge in [-0.15, -0.1) is 0 Å². The lowest BCUT2D eigenvalue weighted by Crippen LogP contribution is -2.12. The number of hydrogen-bond acceptors (Lipinski definition) is 4. The first-order valence-corrected chi connectivity index (χ1v) is 7.50. The van der Waals surface area contributed by atoms with Crippen LogP contribution in [-0.4, -0.2) is 38.2 Å². The Hall–Kier alpha value is -1.89. The lowest BCUT2D eigenvalue weighted by molar-refractivity contribution is -0.119. The fraction of sp³-hybridized carbons (Fsp3) is 0.333. The van der Waals surface area contributed by atoms with E-state index >= 15 is 0 Å². The van der Waals surface area contributed by atoms with Crippen molar-refractivity contribution in [1.29, 1.82) is 0 Å². The summed E-state index contributed by atoms with van der Waals surface area (Å²) in [4.78, 5) is 20.6. The lowest BCUT2D eigenvalue weighted by Gasteiger charge is -2.01. The summed E-state index contributed by atoms with van der Waals surface area (Å²) in [6.45, 7) is 0.888. The van der Waals surface area contributed by atoms with Crippen molar-refractivity contribution in [2.45, 2.75) is 17.7 Å². The van der Waals surface area contributed by atoms with E-state index in [1.807, 2.05) is 0 Å². The Bertz CT molecular complexity index is 572. The molecule has 2 N–H and O–H groups in total. The molecular weight excluding hydrogens is 270 g/mol. The maximum Gasteiger partial charge on any atom is 0.337 e. The lowest BCUT2D eigenvalue weighted by atomic mass is 10.2. The highest BCUT2D eigenvalue weighted by molar-refractivity contribution is 7.90. The molecule has 1 aromatic rings. The minimum Gasteiger partial charge on any atom is -0.478 e. The van der Waals surface area contributed by atoms with E-state index in [1.54, 1.807) is 0 Å². The normalized spacial score (nSPS) is 14.3. The molecule has 2 rings (SSSR count). The summed E-state index contributed by atoms with van der Waals surface area (Å²) in [6.07, 6.45) is 2.74. The number of carboxylic acid groups (broad SMARTS) is 1. The molecule has 1 heterocycles. The third kappa shape index (κ3) is 4.70. The summed E-state index contributed by atoms with van der Waals surface area (Å²) in [5.41, 5.74) is -0.190. The average Bonchev–Trinajstić information content (AvgIpc) is 2.80. The Morgan fingerprint density at radius 1 is 1.32 bits per heavy atom. The van der Waals surface area contributed by atoms with Crippen LogP contribution in [0.25, 0.3) is 0 Å². The van der Waals surface area contributed by atoms with Gasteiger partial charge in [0.2, 0.25) is 5.91 Å². The number of carbonyl (C=O) groups excluding carboxylic acids is 1. The molecular formula is C12H15NO5S. The van der Waals surface area contributed by atoms with Crippen molar-refractivity contribution in [3.05, 3.63) is 29.8 Å². The molecule has 0 spiro atoms. The molecule has 0 bridgehead atoms. The van der Waals surface area contributed by atoms with Gasteiger partial charge in [0, 0.05) is 19.2 Å². The highest BCUT2D eigenvalue weighted by atomic mass is 32.2. The molecule has 1 fully saturated rings. The van der Waals surface area contributed by atoms with E-state index < -0.39 is 15.8 Å². The minimum absolute atomic E-state index is 0.150. The first-order valence-electron chi connectivity index (χ1n) is 5.61. The van der Waals surface area contributed by atoms with Crippen LogP contribution in [0.4, 0.5) is 0 Å². The van der Waals surface area contributed by atoms with Gasteiger partial charge in [-0.1, -0.05) is 12.1 Å². The van der Waals surface area contributed by atoms with Gasteiger partial charge in [0.15, 0.2) is 9.84 Å². The Morgan fingerprint density at radius 3 is 2.26 bits per heavy atom. The van der Waals surface area contributed by atoms with Gasteiger partial charge in [-0.25, -0.2) is 13.2 Å². The highest BCUT2D eigenvalue weighted by Crippen LogP contribution is 2.14. The van der Waals surface area contributed by atoms with Crippen LogP contribution < -0.4 is 5.32 Å². The second-order valence-corrected chi connectivity index (χ2v) is 6.01. The summed E-state index contributed by atoms with van der Waals surface area (Å²) in [6, 6.07) is 5.51. The number of carboxylic acids is 1. The van der Waals surface area contributed by atoms with Gasteiger partial charge in [0.05, 0.1) is 10.5 Å². The summed E-state index contributed by atoms with van der Waals surface area (Å²) in [5.74, 6) is -1.03. The number of rotatable bonds is 2. The van der Waals surface area contributed by atoms with Crippen LogP contribution in [0.3, 0.4) is 0 Å². The average molecular weight is 285 g/mol. The molecule has 1 aliphatic heterocycles. The topological polar surface area (TPSA) is 101 Å². The van der Waals surface area contributed by atoms with Crippen molar-refractivity contribution < 1.29 is 23.1 Å². The molecule has 0 atom stereocenters. The first kappa shape index (κ1) is 15.2. The van der Waals surface area contributed by atoms with E-state index in [0.29, 0.717) is 0 Å². The van der Waals surface area contributed by atoms with Crippen molar-refractivity contribution in [3.8, 4) is 0 Å². The van der Waals surface area contributed by atoms with Crippen LogP contribution in [0.2, 0.25) is 0 Å². The van der Waals surface area contributed by atoms with Crippen molar-refractivity contribution in [3.63, 3.8) is 0 Å². The highest BCUT2D eigenvalue weighted by Gasteiger charge is 2.16. The van der Waals surface area contributed by atoms with E-state index in [9.17, 15) is 18.0 Å². The first-order chi connectivity index (χ1) is 8.82. The summed E-state index contributed by atoms with van der Waals surface area (Å²) < 4.78 is 22.2. The van der Waals surface area contributed by atoms with Crippen molar-refractivity contribution >= 4 is 21.7 Å². The molecule has 0 saturated carbocycles.